The fourth-order valence-corrected chi connectivity index (χ4v) is 5.30. The van der Waals surface area contributed by atoms with Crippen LogP contribution in [0.25, 0.3) is 0 Å². The minimum absolute atomic E-state index is 0.126. The highest BCUT2D eigenvalue weighted by Crippen LogP contribution is 2.26. The highest BCUT2D eigenvalue weighted by molar-refractivity contribution is 7.98. The van der Waals surface area contributed by atoms with Crippen molar-refractivity contribution in [2.24, 2.45) is 0 Å². The highest BCUT2D eigenvalue weighted by Gasteiger charge is 2.31. The van der Waals surface area contributed by atoms with E-state index < -0.39 is 16.1 Å². The predicted molar refractivity (Wildman–Crippen MR) is 129 cm³/mol. The van der Waals surface area contributed by atoms with Gasteiger partial charge in [0.25, 0.3) is 10.0 Å². The number of hydrogen-bond acceptors (Lipinski definition) is 6. The SMILES string of the molecule is CCOC(=O)N1CCN(C(=O)CN(c2ccc(C)cc2)S(=O)(=O)c2ccc(SC)cc2)CC1. The molecule has 0 spiro atoms. The molecule has 0 N–H and O–H groups in total. The van der Waals surface area contributed by atoms with Gasteiger partial charge in [-0.3, -0.25) is 9.10 Å². The van der Waals surface area contributed by atoms with Crippen LogP contribution in [0.1, 0.15) is 12.5 Å². The van der Waals surface area contributed by atoms with E-state index in [1.165, 1.54) is 11.8 Å². The lowest BCUT2D eigenvalue weighted by Gasteiger charge is -2.35. The number of carbonyl (C=O) groups is 2. The average Bonchev–Trinajstić information content (AvgIpc) is 2.83. The van der Waals surface area contributed by atoms with Crippen molar-refractivity contribution in [3.8, 4) is 0 Å². The molecule has 0 bridgehead atoms. The van der Waals surface area contributed by atoms with E-state index in [4.69, 9.17) is 4.74 Å². The molecule has 1 aliphatic rings. The summed E-state index contributed by atoms with van der Waals surface area (Å²) in [5.41, 5.74) is 1.41. The minimum Gasteiger partial charge on any atom is -0.450 e. The Morgan fingerprint density at radius 3 is 2.09 bits per heavy atom. The van der Waals surface area contributed by atoms with Crippen LogP contribution in [-0.4, -0.2) is 75.8 Å². The van der Waals surface area contributed by atoms with Crippen molar-refractivity contribution < 1.29 is 22.7 Å². The van der Waals surface area contributed by atoms with Gasteiger partial charge in [-0.1, -0.05) is 17.7 Å². The van der Waals surface area contributed by atoms with E-state index in [9.17, 15) is 18.0 Å². The summed E-state index contributed by atoms with van der Waals surface area (Å²) in [4.78, 5) is 29.2. The van der Waals surface area contributed by atoms with Gasteiger partial charge in [-0.05, 0) is 56.5 Å². The monoisotopic (exact) mass is 491 g/mol. The molecule has 1 heterocycles. The minimum atomic E-state index is -3.97. The number of thioether (sulfide) groups is 1. The zero-order chi connectivity index (χ0) is 24.0. The molecule has 0 saturated carbocycles. The molecule has 0 unspecified atom stereocenters. The molecule has 0 aromatic heterocycles. The maximum Gasteiger partial charge on any atom is 0.409 e. The summed E-state index contributed by atoms with van der Waals surface area (Å²) in [6, 6.07) is 13.7. The van der Waals surface area contributed by atoms with Gasteiger partial charge >= 0.3 is 6.09 Å². The summed E-state index contributed by atoms with van der Waals surface area (Å²) in [5, 5.41) is 0. The van der Waals surface area contributed by atoms with Gasteiger partial charge in [0.1, 0.15) is 6.54 Å². The van der Waals surface area contributed by atoms with E-state index >= 15 is 0 Å². The lowest BCUT2D eigenvalue weighted by atomic mass is 10.2. The second kappa shape index (κ2) is 10.9. The van der Waals surface area contributed by atoms with E-state index in [1.807, 2.05) is 25.3 Å². The van der Waals surface area contributed by atoms with Crippen molar-refractivity contribution in [2.45, 2.75) is 23.6 Å². The quantitative estimate of drug-likeness (QED) is 0.553. The van der Waals surface area contributed by atoms with E-state index in [0.29, 0.717) is 38.5 Å². The third kappa shape index (κ3) is 6.00. The molecule has 2 aromatic carbocycles. The van der Waals surface area contributed by atoms with Crippen LogP contribution < -0.4 is 4.31 Å². The van der Waals surface area contributed by atoms with E-state index in [-0.39, 0.29) is 17.3 Å². The molecular weight excluding hydrogens is 462 g/mol. The number of piperazine rings is 1. The smallest absolute Gasteiger partial charge is 0.409 e. The Morgan fingerprint density at radius 1 is 0.970 bits per heavy atom. The summed E-state index contributed by atoms with van der Waals surface area (Å²) in [7, 11) is -3.97. The number of ether oxygens (including phenoxy) is 1. The molecule has 0 radical (unpaired) electrons. The zero-order valence-corrected chi connectivity index (χ0v) is 20.7. The number of hydrogen-bond donors (Lipinski definition) is 0. The molecule has 0 aliphatic carbocycles. The fourth-order valence-electron chi connectivity index (χ4n) is 3.48. The van der Waals surface area contributed by atoms with Gasteiger partial charge in [-0.15, -0.1) is 11.8 Å². The first-order valence-electron chi connectivity index (χ1n) is 10.7. The number of anilines is 1. The largest absolute Gasteiger partial charge is 0.450 e. The molecule has 33 heavy (non-hydrogen) atoms. The first kappa shape index (κ1) is 24.9. The van der Waals surface area contributed by atoms with E-state index in [0.717, 1.165) is 14.8 Å². The van der Waals surface area contributed by atoms with Gasteiger partial charge in [0.2, 0.25) is 5.91 Å². The van der Waals surface area contributed by atoms with Gasteiger partial charge in [0.05, 0.1) is 17.2 Å². The number of nitrogens with zero attached hydrogens (tertiary/aromatic N) is 3. The van der Waals surface area contributed by atoms with Crippen molar-refractivity contribution in [3.05, 3.63) is 54.1 Å². The van der Waals surface area contributed by atoms with Crippen LogP contribution in [0.15, 0.2) is 58.3 Å². The van der Waals surface area contributed by atoms with Crippen LogP contribution in [0.5, 0.6) is 0 Å². The molecule has 2 amide bonds. The van der Waals surface area contributed by atoms with Gasteiger partial charge in [-0.25, -0.2) is 13.2 Å². The zero-order valence-electron chi connectivity index (χ0n) is 19.1. The Labute approximate surface area is 199 Å². The van der Waals surface area contributed by atoms with Gasteiger partial charge in [-0.2, -0.15) is 0 Å². The molecule has 1 fully saturated rings. The maximum absolute atomic E-state index is 13.5. The molecule has 2 aromatic rings. The summed E-state index contributed by atoms with van der Waals surface area (Å²) < 4.78 is 33.2. The van der Waals surface area contributed by atoms with Gasteiger partial charge in [0, 0.05) is 31.1 Å². The lowest BCUT2D eigenvalue weighted by Crippen LogP contribution is -2.53. The number of rotatable bonds is 7. The second-order valence-corrected chi connectivity index (χ2v) is 10.3. The van der Waals surface area contributed by atoms with Gasteiger partial charge < -0.3 is 14.5 Å². The van der Waals surface area contributed by atoms with Crippen LogP contribution in [0, 0.1) is 6.92 Å². The van der Waals surface area contributed by atoms with Crippen molar-refractivity contribution in [3.63, 3.8) is 0 Å². The molecule has 3 rings (SSSR count). The topological polar surface area (TPSA) is 87.2 Å². The van der Waals surface area contributed by atoms with Crippen molar-refractivity contribution in [2.75, 3.05) is 49.9 Å². The number of amides is 2. The third-order valence-corrected chi connectivity index (χ3v) is 7.94. The first-order valence-corrected chi connectivity index (χ1v) is 13.4. The Hall–Kier alpha value is -2.72. The molecule has 178 valence electrons. The van der Waals surface area contributed by atoms with E-state index in [1.54, 1.807) is 53.1 Å². The summed E-state index contributed by atoms with van der Waals surface area (Å²) in [6.07, 6.45) is 1.52. The number of benzene rings is 2. The number of carbonyl (C=O) groups excluding carboxylic acids is 2. The van der Waals surface area contributed by atoms with Crippen LogP contribution >= 0.6 is 11.8 Å². The Kier molecular flexibility index (Phi) is 8.25. The number of sulfonamides is 1. The molecule has 8 nitrogen and oxygen atoms in total. The maximum atomic E-state index is 13.5. The molecule has 0 atom stereocenters. The Balaban J connectivity index is 1.81. The third-order valence-electron chi connectivity index (χ3n) is 5.41. The van der Waals surface area contributed by atoms with Crippen LogP contribution in [0.2, 0.25) is 0 Å². The van der Waals surface area contributed by atoms with Crippen molar-refractivity contribution in [1.82, 2.24) is 9.80 Å². The van der Waals surface area contributed by atoms with Crippen molar-refractivity contribution in [1.29, 1.82) is 0 Å². The average molecular weight is 492 g/mol. The molecule has 10 heteroatoms. The van der Waals surface area contributed by atoms with Crippen LogP contribution in [-0.2, 0) is 19.6 Å². The second-order valence-electron chi connectivity index (χ2n) is 7.59. The highest BCUT2D eigenvalue weighted by atomic mass is 32.2. The van der Waals surface area contributed by atoms with Crippen LogP contribution in [0.4, 0.5) is 10.5 Å². The van der Waals surface area contributed by atoms with Crippen LogP contribution in [0.3, 0.4) is 0 Å². The molecule has 1 aliphatic heterocycles. The summed E-state index contributed by atoms with van der Waals surface area (Å²) in [5.74, 6) is -0.316. The van der Waals surface area contributed by atoms with Gasteiger partial charge in [0.15, 0.2) is 0 Å². The molecule has 1 saturated heterocycles. The predicted octanol–water partition coefficient (Wildman–Crippen LogP) is 3.21. The normalized spacial score (nSPS) is 14.2. The fraction of sp³-hybridized carbons (Fsp3) is 0.391. The summed E-state index contributed by atoms with van der Waals surface area (Å²) in [6.45, 7) is 4.96. The Morgan fingerprint density at radius 2 is 1.55 bits per heavy atom. The summed E-state index contributed by atoms with van der Waals surface area (Å²) >= 11 is 1.52. The first-order chi connectivity index (χ1) is 15.8. The molecular formula is C23H29N3O5S2. The lowest BCUT2D eigenvalue weighted by molar-refractivity contribution is -0.131. The number of aryl methyl sites for hydroxylation is 1. The van der Waals surface area contributed by atoms with Crippen molar-refractivity contribution >= 4 is 39.5 Å². The Bertz CT molecular complexity index is 1060. The standard InChI is InChI=1S/C23H29N3O5S2/c1-4-31-23(28)25-15-13-24(14-16-25)22(27)17-26(19-7-5-18(2)6-8-19)33(29,30)21-11-9-20(32-3)10-12-21/h5-12H,4,13-17H2,1-3H3. The van der Waals surface area contributed by atoms with E-state index in [2.05, 4.69) is 0 Å².